The second-order valence-corrected chi connectivity index (χ2v) is 17.7. The Bertz CT molecular complexity index is 2630. The van der Waals surface area contributed by atoms with Crippen molar-refractivity contribution in [3.8, 4) is 11.9 Å². The summed E-state index contributed by atoms with van der Waals surface area (Å²) in [5.74, 6) is -0.574. The van der Waals surface area contributed by atoms with Crippen LogP contribution in [0.15, 0.2) is 45.4 Å². The van der Waals surface area contributed by atoms with Crippen molar-refractivity contribution in [1.29, 1.82) is 0 Å². The van der Waals surface area contributed by atoms with E-state index >= 15 is 0 Å². The third-order valence-corrected chi connectivity index (χ3v) is 12.4. The molecule has 2 N–H and O–H groups in total. The van der Waals surface area contributed by atoms with Crippen LogP contribution in [0.5, 0.6) is 0 Å². The Kier molecular flexibility index (Phi) is 15.2. The molecule has 0 bridgehead atoms. The first-order chi connectivity index (χ1) is 32.0. The molecule has 1 amide bonds. The zero-order chi connectivity index (χ0) is 48.2. The molecule has 7 heterocycles. The number of nitrogens with zero attached hydrogens (tertiary/aromatic N) is 10. The van der Waals surface area contributed by atoms with Gasteiger partial charge in [0.05, 0.1) is 18.0 Å². The number of nitrogens with one attached hydrogen (secondary N) is 1. The van der Waals surface area contributed by atoms with Crippen molar-refractivity contribution in [3.63, 3.8) is 0 Å². The van der Waals surface area contributed by atoms with Crippen LogP contribution in [-0.4, -0.2) is 125 Å². The average Bonchev–Trinajstić information content (AvgIpc) is 4.13. The predicted octanol–water partition coefficient (Wildman–Crippen LogP) is 8.49. The van der Waals surface area contributed by atoms with Crippen molar-refractivity contribution in [2.24, 2.45) is 5.92 Å². The van der Waals surface area contributed by atoms with E-state index in [4.69, 9.17) is 23.7 Å². The first kappa shape index (κ1) is 48.9. The van der Waals surface area contributed by atoms with E-state index in [0.717, 1.165) is 93.5 Å². The van der Waals surface area contributed by atoms with E-state index in [2.05, 4.69) is 47.6 Å². The van der Waals surface area contributed by atoms with Gasteiger partial charge in [0.1, 0.15) is 22.7 Å². The third-order valence-electron chi connectivity index (χ3n) is 12.4. The largest absolute Gasteiger partial charge is 0.490 e. The van der Waals surface area contributed by atoms with Crippen molar-refractivity contribution in [3.05, 3.63) is 71.2 Å². The van der Waals surface area contributed by atoms with Gasteiger partial charge >= 0.3 is 18.2 Å². The normalized spacial score (nSPS) is 18.9. The quantitative estimate of drug-likeness (QED) is 0.138. The topological polar surface area (TPSA) is 196 Å². The van der Waals surface area contributed by atoms with Gasteiger partial charge < -0.3 is 29.1 Å². The first-order valence-electron chi connectivity index (χ1n) is 22.6. The summed E-state index contributed by atoms with van der Waals surface area (Å²) in [6, 6.07) is 10.5. The summed E-state index contributed by atoms with van der Waals surface area (Å²) in [5.41, 5.74) is 2.43. The molecule has 0 spiro atoms. The number of benzene rings is 2. The van der Waals surface area contributed by atoms with Crippen LogP contribution in [0, 0.1) is 17.6 Å². The molecule has 9 rings (SSSR count). The molecule has 2 atom stereocenters. The Balaban J connectivity index is 0.000000184. The minimum Gasteiger partial charge on any atom is -0.475 e. The van der Waals surface area contributed by atoms with Crippen molar-refractivity contribution >= 4 is 33.9 Å². The number of alkyl halides is 3. The maximum Gasteiger partial charge on any atom is 0.490 e. The van der Waals surface area contributed by atoms with Crippen LogP contribution in [0.4, 0.5) is 26.7 Å². The number of para-hydroxylation sites is 2. The molecule has 22 heteroatoms. The van der Waals surface area contributed by atoms with E-state index in [1.165, 1.54) is 21.5 Å². The van der Waals surface area contributed by atoms with Gasteiger partial charge in [0.25, 0.3) is 11.9 Å². The van der Waals surface area contributed by atoms with Gasteiger partial charge in [-0.05, 0) is 105 Å². The lowest BCUT2D eigenvalue weighted by molar-refractivity contribution is -0.192. The molecule has 0 radical (unpaired) electrons. The molecule has 2 aromatic carbocycles. The molecule has 4 aromatic heterocycles. The fraction of sp³-hybridized carbons (Fsp3) is 0.556. The van der Waals surface area contributed by atoms with Gasteiger partial charge in [-0.25, -0.2) is 18.4 Å². The molecular formula is C45H56F5N11O6. The van der Waals surface area contributed by atoms with E-state index < -0.39 is 12.1 Å². The van der Waals surface area contributed by atoms with E-state index in [0.29, 0.717) is 47.3 Å². The van der Waals surface area contributed by atoms with Gasteiger partial charge in [-0.1, -0.05) is 58.9 Å². The molecule has 2 unspecified atom stereocenters. The van der Waals surface area contributed by atoms with Crippen molar-refractivity contribution in [1.82, 2.24) is 55.0 Å². The number of hydrogen-bond donors (Lipinski definition) is 2. The number of ether oxygens (including phenoxy) is 1. The number of fused-ring (bicyclic) bond motifs is 2. The molecular weight excluding hydrogens is 886 g/mol. The Hall–Kier alpha value is -6.03. The number of aromatic nitrogens is 8. The minimum atomic E-state index is -5.08. The van der Waals surface area contributed by atoms with Crippen molar-refractivity contribution in [2.45, 2.75) is 110 Å². The highest BCUT2D eigenvalue weighted by atomic mass is 19.4. The summed E-state index contributed by atoms with van der Waals surface area (Å²) in [7, 11) is 0. The Morgan fingerprint density at radius 3 is 1.70 bits per heavy atom. The molecule has 17 nitrogen and oxygen atoms in total. The fourth-order valence-electron chi connectivity index (χ4n) is 9.00. The van der Waals surface area contributed by atoms with E-state index in [-0.39, 0.29) is 47.3 Å². The van der Waals surface area contributed by atoms with Crippen LogP contribution in [0.25, 0.3) is 33.7 Å². The lowest BCUT2D eigenvalue weighted by atomic mass is 9.88. The van der Waals surface area contributed by atoms with Gasteiger partial charge in [0, 0.05) is 41.7 Å². The molecule has 3 aliphatic rings. The van der Waals surface area contributed by atoms with Crippen LogP contribution < -0.4 is 5.32 Å². The standard InChI is InChI=1S/C26H35FN6O3.C17H20FN5O.C2HF3O2/c1-5-35-26(34)32-14-11-21(17(4)15-32)31-12-9-18(10-13-31)24-28-25(30-36-24)33-23-19(7-6-8-20(23)27)22(29-33)16(2)3;1-10(2)14-12-4-3-5-13(18)15(12)23(21-14)17-20-16(24-22-17)11-6-8-19-9-7-11;3-2(4,5)1(6)7/h6-8,16-18,21H,5,9-15H2,1-4H3;3-5,10-11,19H,6-9H2,1-2H3;(H,6,7). The SMILES string of the molecule is CC(C)c1nn(-c2noc(C3CCNCC3)n2)c2c(F)cccc12.CCOC(=O)N1CCC(N2CCC(c3nc(-n4nc(C(C)C)c5cccc(F)c54)no3)CC2)C(C)C1.O=C(O)C(F)(F)F. The molecule has 3 aliphatic heterocycles. The maximum absolute atomic E-state index is 14.7. The molecule has 3 fully saturated rings. The number of carbonyl (C=O) groups is 2. The van der Waals surface area contributed by atoms with Crippen LogP contribution in [0.1, 0.15) is 120 Å². The van der Waals surface area contributed by atoms with Crippen LogP contribution in [-0.2, 0) is 9.53 Å². The molecule has 67 heavy (non-hydrogen) atoms. The number of halogens is 5. The van der Waals surface area contributed by atoms with Gasteiger partial charge in [-0.3, -0.25) is 4.90 Å². The lowest BCUT2D eigenvalue weighted by Crippen LogP contribution is -2.53. The Morgan fingerprint density at radius 2 is 1.27 bits per heavy atom. The molecule has 362 valence electrons. The fourth-order valence-corrected chi connectivity index (χ4v) is 9.00. The van der Waals surface area contributed by atoms with Crippen molar-refractivity contribution in [2.75, 3.05) is 45.9 Å². The highest BCUT2D eigenvalue weighted by Gasteiger charge is 2.39. The smallest absolute Gasteiger partial charge is 0.475 e. The number of carbonyl (C=O) groups excluding carboxylic acids is 1. The number of carboxylic acids is 1. The Labute approximate surface area is 383 Å². The number of rotatable bonds is 8. The van der Waals surface area contributed by atoms with E-state index in [1.54, 1.807) is 12.1 Å². The monoisotopic (exact) mass is 941 g/mol. The average molecular weight is 942 g/mol. The highest BCUT2D eigenvalue weighted by Crippen LogP contribution is 2.34. The van der Waals surface area contributed by atoms with Gasteiger partial charge in [-0.2, -0.15) is 42.7 Å². The van der Waals surface area contributed by atoms with Crippen LogP contribution in [0.2, 0.25) is 0 Å². The zero-order valence-corrected chi connectivity index (χ0v) is 38.3. The summed E-state index contributed by atoms with van der Waals surface area (Å²) in [6.07, 6.45) is -0.583. The number of likely N-dealkylation sites (tertiary alicyclic amines) is 2. The zero-order valence-electron chi connectivity index (χ0n) is 38.3. The lowest BCUT2D eigenvalue weighted by Gasteiger charge is -2.44. The molecule has 6 aromatic rings. The van der Waals surface area contributed by atoms with Crippen LogP contribution in [0.3, 0.4) is 0 Å². The van der Waals surface area contributed by atoms with Crippen molar-refractivity contribution < 1.29 is 50.4 Å². The summed E-state index contributed by atoms with van der Waals surface area (Å²) >= 11 is 0. The van der Waals surface area contributed by atoms with E-state index in [1.807, 2.05) is 51.7 Å². The highest BCUT2D eigenvalue weighted by molar-refractivity contribution is 5.85. The molecule has 0 aliphatic carbocycles. The summed E-state index contributed by atoms with van der Waals surface area (Å²) in [5, 5.41) is 29.4. The number of hydrogen-bond acceptors (Lipinski definition) is 13. The first-order valence-corrected chi connectivity index (χ1v) is 22.6. The van der Waals surface area contributed by atoms with Gasteiger partial charge in [0.2, 0.25) is 11.8 Å². The van der Waals surface area contributed by atoms with E-state index in [9.17, 15) is 26.7 Å². The number of piperidine rings is 3. The number of aliphatic carboxylic acids is 1. The second kappa shape index (κ2) is 20.9. The minimum absolute atomic E-state index is 0.137. The second-order valence-electron chi connectivity index (χ2n) is 17.7. The number of amides is 1. The summed E-state index contributed by atoms with van der Waals surface area (Å²) < 4.78 is 80.1. The molecule has 0 saturated carbocycles. The van der Waals surface area contributed by atoms with Gasteiger partial charge in [0.15, 0.2) is 0 Å². The summed E-state index contributed by atoms with van der Waals surface area (Å²) in [4.78, 5) is 34.5. The summed E-state index contributed by atoms with van der Waals surface area (Å²) in [6.45, 7) is 17.8. The van der Waals surface area contributed by atoms with Crippen LogP contribution >= 0.6 is 0 Å². The molecule has 3 saturated heterocycles. The van der Waals surface area contributed by atoms with Gasteiger partial charge in [-0.15, -0.1) is 0 Å². The predicted molar refractivity (Wildman–Crippen MR) is 234 cm³/mol. The maximum atomic E-state index is 14.7. The Morgan fingerprint density at radius 1 is 0.791 bits per heavy atom. The number of carboxylic acid groups (broad SMARTS) is 1. The third kappa shape index (κ3) is 10.9.